The van der Waals surface area contributed by atoms with Crippen molar-refractivity contribution in [3.05, 3.63) is 21.4 Å². The lowest BCUT2D eigenvalue weighted by Crippen LogP contribution is -2.42. The molecule has 1 aromatic heterocycles. The van der Waals surface area contributed by atoms with E-state index >= 15 is 0 Å². The average Bonchev–Trinajstić information content (AvgIpc) is 2.96. The Bertz CT molecular complexity index is 573. The van der Waals surface area contributed by atoms with Crippen LogP contribution in [0.5, 0.6) is 0 Å². The molecule has 0 saturated carbocycles. The Morgan fingerprint density at radius 2 is 2.00 bits per heavy atom. The lowest BCUT2D eigenvalue weighted by molar-refractivity contribution is -0.125. The first-order valence-electron chi connectivity index (χ1n) is 8.21. The third kappa shape index (κ3) is 3.05. The number of carbonyl (C=O) groups excluding carboxylic acids is 2. The van der Waals surface area contributed by atoms with Crippen LogP contribution in [-0.2, 0) is 17.6 Å². The predicted octanol–water partition coefficient (Wildman–Crippen LogP) is 2.47. The van der Waals surface area contributed by atoms with Gasteiger partial charge in [0.2, 0.25) is 5.91 Å². The molecule has 1 fully saturated rings. The van der Waals surface area contributed by atoms with Crippen LogP contribution in [0.25, 0.3) is 0 Å². The minimum absolute atomic E-state index is 0.0615. The van der Waals surface area contributed by atoms with Gasteiger partial charge in [-0.25, -0.2) is 0 Å². The largest absolute Gasteiger partial charge is 0.359 e. The summed E-state index contributed by atoms with van der Waals surface area (Å²) < 4.78 is 0. The minimum atomic E-state index is 0.0615. The molecule has 3 rings (SSSR count). The molecular weight excluding hydrogens is 296 g/mol. The number of hydrogen-bond acceptors (Lipinski definition) is 3. The monoisotopic (exact) mass is 320 g/mol. The maximum absolute atomic E-state index is 12.7. The van der Waals surface area contributed by atoms with Crippen molar-refractivity contribution < 1.29 is 9.59 Å². The van der Waals surface area contributed by atoms with Crippen molar-refractivity contribution in [1.82, 2.24) is 10.2 Å². The smallest absolute Gasteiger partial charge is 0.263 e. The van der Waals surface area contributed by atoms with Gasteiger partial charge >= 0.3 is 0 Å². The van der Waals surface area contributed by atoms with Crippen LogP contribution in [0.3, 0.4) is 0 Å². The molecule has 0 aromatic carbocycles. The van der Waals surface area contributed by atoms with E-state index in [1.165, 1.54) is 16.9 Å². The van der Waals surface area contributed by atoms with E-state index in [9.17, 15) is 9.59 Å². The number of rotatable bonds is 2. The van der Waals surface area contributed by atoms with Gasteiger partial charge in [0.05, 0.1) is 4.88 Å². The Labute approximate surface area is 135 Å². The molecule has 0 spiro atoms. The molecule has 0 bridgehead atoms. The SMILES string of the molecule is CNC(=O)C1CCN(C(=O)c2cc3c(s2)CC[C@H](C)C3)CC1. The van der Waals surface area contributed by atoms with Crippen molar-refractivity contribution in [2.75, 3.05) is 20.1 Å². The van der Waals surface area contributed by atoms with Crippen LogP contribution in [0.4, 0.5) is 0 Å². The topological polar surface area (TPSA) is 49.4 Å². The molecule has 0 unspecified atom stereocenters. The van der Waals surface area contributed by atoms with E-state index in [4.69, 9.17) is 0 Å². The molecule has 1 aliphatic heterocycles. The lowest BCUT2D eigenvalue weighted by atomic mass is 9.90. The fourth-order valence-electron chi connectivity index (χ4n) is 3.52. The molecule has 1 aliphatic carbocycles. The molecule has 120 valence electrons. The van der Waals surface area contributed by atoms with Gasteiger partial charge in [-0.1, -0.05) is 6.92 Å². The molecule has 1 aromatic rings. The van der Waals surface area contributed by atoms with Gasteiger partial charge in [0.25, 0.3) is 5.91 Å². The molecule has 1 saturated heterocycles. The van der Waals surface area contributed by atoms with E-state index in [0.717, 1.165) is 36.5 Å². The zero-order valence-corrected chi connectivity index (χ0v) is 14.2. The van der Waals surface area contributed by atoms with E-state index in [1.807, 2.05) is 4.90 Å². The van der Waals surface area contributed by atoms with E-state index in [-0.39, 0.29) is 17.7 Å². The molecule has 2 aliphatic rings. The van der Waals surface area contributed by atoms with Crippen LogP contribution in [0.2, 0.25) is 0 Å². The number of fused-ring (bicyclic) bond motifs is 1. The third-order valence-corrected chi connectivity index (χ3v) is 6.16. The quantitative estimate of drug-likeness (QED) is 0.910. The molecule has 2 heterocycles. The zero-order chi connectivity index (χ0) is 15.7. The summed E-state index contributed by atoms with van der Waals surface area (Å²) in [5.41, 5.74) is 1.38. The van der Waals surface area contributed by atoms with Gasteiger partial charge in [0, 0.05) is 30.9 Å². The van der Waals surface area contributed by atoms with Gasteiger partial charge in [-0.2, -0.15) is 0 Å². The second-order valence-corrected chi connectivity index (χ2v) is 7.72. The highest BCUT2D eigenvalue weighted by Crippen LogP contribution is 2.33. The molecule has 22 heavy (non-hydrogen) atoms. The first-order chi connectivity index (χ1) is 10.6. The van der Waals surface area contributed by atoms with Gasteiger partial charge in [0.1, 0.15) is 0 Å². The van der Waals surface area contributed by atoms with Crippen LogP contribution in [-0.4, -0.2) is 36.9 Å². The first kappa shape index (κ1) is 15.5. The van der Waals surface area contributed by atoms with E-state index in [0.29, 0.717) is 13.1 Å². The maximum atomic E-state index is 12.7. The number of thiophene rings is 1. The lowest BCUT2D eigenvalue weighted by Gasteiger charge is -2.30. The van der Waals surface area contributed by atoms with E-state index in [1.54, 1.807) is 18.4 Å². The summed E-state index contributed by atoms with van der Waals surface area (Å²) in [4.78, 5) is 28.6. The van der Waals surface area contributed by atoms with Crippen molar-refractivity contribution >= 4 is 23.2 Å². The number of likely N-dealkylation sites (tertiary alicyclic amines) is 1. The Morgan fingerprint density at radius 3 is 2.68 bits per heavy atom. The molecule has 1 N–H and O–H groups in total. The summed E-state index contributed by atoms with van der Waals surface area (Å²) in [5, 5.41) is 2.71. The Hall–Kier alpha value is -1.36. The summed E-state index contributed by atoms with van der Waals surface area (Å²) in [6.45, 7) is 3.66. The fraction of sp³-hybridized carbons (Fsp3) is 0.647. The highest BCUT2D eigenvalue weighted by molar-refractivity contribution is 7.14. The number of nitrogens with zero attached hydrogens (tertiary/aromatic N) is 1. The number of amides is 2. The molecule has 0 radical (unpaired) electrons. The second kappa shape index (κ2) is 6.41. The highest BCUT2D eigenvalue weighted by atomic mass is 32.1. The van der Waals surface area contributed by atoms with Crippen molar-refractivity contribution in [2.24, 2.45) is 11.8 Å². The number of carbonyl (C=O) groups is 2. The predicted molar refractivity (Wildman–Crippen MR) is 88.2 cm³/mol. The molecule has 2 amide bonds. The van der Waals surface area contributed by atoms with Crippen molar-refractivity contribution in [3.63, 3.8) is 0 Å². The number of hydrogen-bond donors (Lipinski definition) is 1. The standard InChI is InChI=1S/C17H24N2O2S/c1-11-3-4-14-13(9-11)10-15(22-14)17(21)19-7-5-12(6-8-19)16(20)18-2/h10-12H,3-9H2,1-2H3,(H,18,20)/t11-/m0/s1. The van der Waals surface area contributed by atoms with E-state index in [2.05, 4.69) is 18.3 Å². The normalized spacial score (nSPS) is 22.3. The van der Waals surface area contributed by atoms with E-state index < -0.39 is 0 Å². The number of nitrogens with one attached hydrogen (secondary N) is 1. The molecule has 5 heteroatoms. The third-order valence-electron chi connectivity index (χ3n) is 4.94. The Balaban J connectivity index is 1.64. The minimum Gasteiger partial charge on any atom is -0.359 e. The van der Waals surface area contributed by atoms with Crippen LogP contribution in [0, 0.1) is 11.8 Å². The van der Waals surface area contributed by atoms with Gasteiger partial charge in [-0.3, -0.25) is 9.59 Å². The van der Waals surface area contributed by atoms with Gasteiger partial charge in [0.15, 0.2) is 0 Å². The van der Waals surface area contributed by atoms with Crippen LogP contribution >= 0.6 is 11.3 Å². The number of aryl methyl sites for hydroxylation is 1. The van der Waals surface area contributed by atoms with Gasteiger partial charge in [-0.15, -0.1) is 11.3 Å². The summed E-state index contributed by atoms with van der Waals surface area (Å²) in [7, 11) is 1.68. The first-order valence-corrected chi connectivity index (χ1v) is 9.02. The van der Waals surface area contributed by atoms with Crippen LogP contribution in [0.15, 0.2) is 6.07 Å². The summed E-state index contributed by atoms with van der Waals surface area (Å²) >= 11 is 1.68. The molecular formula is C17H24N2O2S. The molecule has 1 atom stereocenters. The zero-order valence-electron chi connectivity index (χ0n) is 13.4. The Morgan fingerprint density at radius 1 is 1.27 bits per heavy atom. The van der Waals surface area contributed by atoms with Crippen molar-refractivity contribution in [2.45, 2.75) is 39.0 Å². The second-order valence-electron chi connectivity index (χ2n) is 6.59. The maximum Gasteiger partial charge on any atom is 0.263 e. The molecule has 4 nitrogen and oxygen atoms in total. The summed E-state index contributed by atoms with van der Waals surface area (Å²) in [6.07, 6.45) is 5.00. The van der Waals surface area contributed by atoms with Crippen molar-refractivity contribution in [1.29, 1.82) is 0 Å². The summed E-state index contributed by atoms with van der Waals surface area (Å²) in [5.74, 6) is 1.05. The van der Waals surface area contributed by atoms with Crippen LogP contribution in [0.1, 0.15) is 46.3 Å². The van der Waals surface area contributed by atoms with Gasteiger partial charge in [-0.05, 0) is 49.7 Å². The van der Waals surface area contributed by atoms with Gasteiger partial charge < -0.3 is 10.2 Å². The Kier molecular flexibility index (Phi) is 4.52. The van der Waals surface area contributed by atoms with Crippen LogP contribution < -0.4 is 5.32 Å². The average molecular weight is 320 g/mol. The fourth-order valence-corrected chi connectivity index (χ4v) is 4.69. The highest BCUT2D eigenvalue weighted by Gasteiger charge is 2.29. The van der Waals surface area contributed by atoms with Crippen molar-refractivity contribution in [3.8, 4) is 0 Å². The number of piperidine rings is 1. The summed E-state index contributed by atoms with van der Waals surface area (Å²) in [6, 6.07) is 2.11.